The topological polar surface area (TPSA) is 0 Å². The van der Waals surface area contributed by atoms with E-state index in [-0.39, 0.29) is 4.48 Å². The molecule has 0 radical (unpaired) electrons. The molecule has 68 valence electrons. The van der Waals surface area contributed by atoms with Gasteiger partial charge in [-0.05, 0) is 13.3 Å². The third-order valence-corrected chi connectivity index (χ3v) is 2.22. The van der Waals surface area contributed by atoms with E-state index in [9.17, 15) is 8.78 Å². The molecule has 1 atom stereocenters. The van der Waals surface area contributed by atoms with Gasteiger partial charge in [-0.3, -0.25) is 4.48 Å². The van der Waals surface area contributed by atoms with Gasteiger partial charge < -0.3 is 0 Å². The summed E-state index contributed by atoms with van der Waals surface area (Å²) in [5.41, 5.74) is 0. The van der Waals surface area contributed by atoms with E-state index >= 15 is 0 Å². The van der Waals surface area contributed by atoms with Gasteiger partial charge in [-0.1, -0.05) is 13.3 Å². The van der Waals surface area contributed by atoms with Crippen molar-refractivity contribution in [2.45, 2.75) is 33.2 Å². The zero-order valence-corrected chi connectivity index (χ0v) is 7.61. The van der Waals surface area contributed by atoms with Crippen molar-refractivity contribution in [3.05, 3.63) is 0 Å². The lowest BCUT2D eigenvalue weighted by molar-refractivity contribution is -0.961. The van der Waals surface area contributed by atoms with Crippen molar-refractivity contribution in [1.29, 1.82) is 0 Å². The first-order valence-corrected chi connectivity index (χ1v) is 4.19. The largest absolute Gasteiger partial charge is 0.380 e. The van der Waals surface area contributed by atoms with E-state index in [1.54, 1.807) is 7.05 Å². The Hall–Kier alpha value is -0.180. The second kappa shape index (κ2) is 4.65. The van der Waals surface area contributed by atoms with Crippen molar-refractivity contribution in [1.82, 2.24) is 0 Å². The first-order chi connectivity index (χ1) is 5.06. The van der Waals surface area contributed by atoms with Gasteiger partial charge in [-0.25, -0.2) is 0 Å². The van der Waals surface area contributed by atoms with Crippen molar-refractivity contribution >= 4 is 0 Å². The maximum absolute atomic E-state index is 12.4. The molecular weight excluding hydrogens is 148 g/mol. The van der Waals surface area contributed by atoms with Crippen LogP contribution in [0.25, 0.3) is 0 Å². The summed E-state index contributed by atoms with van der Waals surface area (Å²) in [6.07, 6.45) is 1.87. The van der Waals surface area contributed by atoms with Gasteiger partial charge >= 0.3 is 6.55 Å². The average molecular weight is 166 g/mol. The fraction of sp³-hybridized carbons (Fsp3) is 1.00. The van der Waals surface area contributed by atoms with Crippen molar-refractivity contribution < 1.29 is 13.3 Å². The van der Waals surface area contributed by atoms with E-state index < -0.39 is 6.55 Å². The Morgan fingerprint density at radius 1 is 1.27 bits per heavy atom. The molecular formula is C8H18F2N+. The highest BCUT2D eigenvalue weighted by atomic mass is 19.3. The SMILES string of the molecule is CCCC[N+](C)(CC)C(F)F. The van der Waals surface area contributed by atoms with Gasteiger partial charge in [0.2, 0.25) is 0 Å². The summed E-state index contributed by atoms with van der Waals surface area (Å²) in [4.78, 5) is 0. The molecule has 0 fully saturated rings. The summed E-state index contributed by atoms with van der Waals surface area (Å²) in [7, 11) is 1.61. The summed E-state index contributed by atoms with van der Waals surface area (Å²) in [6.45, 7) is 2.70. The summed E-state index contributed by atoms with van der Waals surface area (Å²) in [5, 5.41) is 0. The fourth-order valence-electron chi connectivity index (χ4n) is 0.913. The van der Waals surface area contributed by atoms with Crippen LogP contribution in [0.1, 0.15) is 26.7 Å². The van der Waals surface area contributed by atoms with Crippen LogP contribution in [-0.2, 0) is 0 Å². The maximum atomic E-state index is 12.4. The summed E-state index contributed by atoms with van der Waals surface area (Å²) in [5.74, 6) is 0. The van der Waals surface area contributed by atoms with Crippen molar-refractivity contribution in [3.63, 3.8) is 0 Å². The number of nitrogens with zero attached hydrogens (tertiary/aromatic N) is 1. The number of hydrogen-bond donors (Lipinski definition) is 0. The quantitative estimate of drug-likeness (QED) is 0.435. The van der Waals surface area contributed by atoms with E-state index in [4.69, 9.17) is 0 Å². The highest BCUT2D eigenvalue weighted by molar-refractivity contribution is 4.35. The van der Waals surface area contributed by atoms with Crippen molar-refractivity contribution in [2.75, 3.05) is 20.1 Å². The van der Waals surface area contributed by atoms with Crippen LogP contribution < -0.4 is 0 Å². The van der Waals surface area contributed by atoms with Crippen LogP contribution in [0.4, 0.5) is 8.78 Å². The minimum absolute atomic E-state index is 0.103. The number of alkyl halides is 2. The molecule has 0 aromatic rings. The van der Waals surface area contributed by atoms with Crippen LogP contribution in [0.5, 0.6) is 0 Å². The Bertz CT molecular complexity index is 106. The number of hydrogen-bond acceptors (Lipinski definition) is 0. The average Bonchev–Trinajstić information content (AvgIpc) is 2.00. The molecule has 0 aromatic heterocycles. The number of rotatable bonds is 5. The van der Waals surface area contributed by atoms with Crippen molar-refractivity contribution in [2.24, 2.45) is 0 Å². The second-order valence-electron chi connectivity index (χ2n) is 3.15. The fourth-order valence-corrected chi connectivity index (χ4v) is 0.913. The molecule has 11 heavy (non-hydrogen) atoms. The lowest BCUT2D eigenvalue weighted by atomic mass is 10.3. The van der Waals surface area contributed by atoms with Crippen LogP contribution in [0.3, 0.4) is 0 Å². The zero-order valence-electron chi connectivity index (χ0n) is 7.61. The molecule has 0 amide bonds. The molecule has 1 unspecified atom stereocenters. The molecule has 0 rings (SSSR count). The molecule has 1 nitrogen and oxygen atoms in total. The smallest absolute Gasteiger partial charge is 0.268 e. The van der Waals surface area contributed by atoms with Crippen LogP contribution in [-0.4, -0.2) is 31.2 Å². The maximum Gasteiger partial charge on any atom is 0.380 e. The monoisotopic (exact) mass is 166 g/mol. The van der Waals surface area contributed by atoms with Gasteiger partial charge in [-0.15, -0.1) is 0 Å². The molecule has 0 aliphatic heterocycles. The van der Waals surface area contributed by atoms with Gasteiger partial charge in [0.1, 0.15) is 0 Å². The summed E-state index contributed by atoms with van der Waals surface area (Å²) < 4.78 is 24.7. The molecule has 0 bridgehead atoms. The van der Waals surface area contributed by atoms with Crippen LogP contribution in [0.2, 0.25) is 0 Å². The van der Waals surface area contributed by atoms with E-state index in [1.807, 2.05) is 13.8 Å². The van der Waals surface area contributed by atoms with Gasteiger partial charge in [0.05, 0.1) is 20.1 Å². The first-order valence-electron chi connectivity index (χ1n) is 4.19. The molecule has 0 aliphatic carbocycles. The van der Waals surface area contributed by atoms with E-state index in [1.165, 1.54) is 0 Å². The van der Waals surface area contributed by atoms with E-state index in [2.05, 4.69) is 0 Å². The number of halogens is 2. The Balaban J connectivity index is 3.88. The highest BCUT2D eigenvalue weighted by Gasteiger charge is 2.29. The zero-order chi connectivity index (χ0) is 8.91. The van der Waals surface area contributed by atoms with Gasteiger partial charge in [0.15, 0.2) is 0 Å². The molecule has 0 heterocycles. The summed E-state index contributed by atoms with van der Waals surface area (Å²) in [6, 6.07) is 0. The summed E-state index contributed by atoms with van der Waals surface area (Å²) >= 11 is 0. The first kappa shape index (κ1) is 10.8. The van der Waals surface area contributed by atoms with Crippen LogP contribution >= 0.6 is 0 Å². The van der Waals surface area contributed by atoms with E-state index in [0.29, 0.717) is 13.1 Å². The lowest BCUT2D eigenvalue weighted by Crippen LogP contribution is -2.48. The minimum atomic E-state index is -2.23. The predicted octanol–water partition coefficient (Wildman–Crippen LogP) is 2.48. The second-order valence-corrected chi connectivity index (χ2v) is 3.15. The van der Waals surface area contributed by atoms with Crippen molar-refractivity contribution in [3.8, 4) is 0 Å². The Kier molecular flexibility index (Phi) is 4.57. The molecule has 0 aromatic carbocycles. The number of quaternary nitrogens is 1. The standard InChI is InChI=1S/C8H18F2N/c1-4-6-7-11(3,5-2)8(9)10/h8H,4-7H2,1-3H3/q+1. The Labute approximate surface area is 67.6 Å². The third kappa shape index (κ3) is 3.14. The van der Waals surface area contributed by atoms with Gasteiger partial charge in [0.25, 0.3) is 0 Å². The predicted molar refractivity (Wildman–Crippen MR) is 42.5 cm³/mol. The molecule has 0 aliphatic rings. The minimum Gasteiger partial charge on any atom is -0.268 e. The molecule has 0 saturated carbocycles. The van der Waals surface area contributed by atoms with Crippen LogP contribution in [0, 0.1) is 0 Å². The van der Waals surface area contributed by atoms with E-state index in [0.717, 1.165) is 12.8 Å². The lowest BCUT2D eigenvalue weighted by Gasteiger charge is -2.31. The Morgan fingerprint density at radius 3 is 2.09 bits per heavy atom. The molecule has 3 heteroatoms. The van der Waals surface area contributed by atoms with Crippen LogP contribution in [0.15, 0.2) is 0 Å². The molecule has 0 N–H and O–H groups in total. The normalized spacial score (nSPS) is 16.9. The third-order valence-electron chi connectivity index (χ3n) is 2.22. The number of unbranched alkanes of at least 4 members (excludes halogenated alkanes) is 1. The Morgan fingerprint density at radius 2 is 1.82 bits per heavy atom. The molecule has 0 spiro atoms. The molecule has 0 saturated heterocycles. The van der Waals surface area contributed by atoms with Gasteiger partial charge in [0, 0.05) is 0 Å². The van der Waals surface area contributed by atoms with Gasteiger partial charge in [-0.2, -0.15) is 8.78 Å². The highest BCUT2D eigenvalue weighted by Crippen LogP contribution is 2.14.